The molecule has 1 N–H and O–H groups in total. The van der Waals surface area contributed by atoms with E-state index in [4.69, 9.17) is 11.6 Å². The Kier molecular flexibility index (Phi) is 3.18. The molecule has 5 rings (SSSR count). The number of nitrogens with zero attached hydrogens (tertiary/aromatic N) is 4. The van der Waals surface area contributed by atoms with Crippen LogP contribution < -0.4 is 0 Å². The molecule has 2 aromatic carbocycles. The number of aromatic nitrogens is 5. The van der Waals surface area contributed by atoms with Crippen LogP contribution in [0.1, 0.15) is 29.5 Å². The highest BCUT2D eigenvalue weighted by Crippen LogP contribution is 2.36. The molecule has 0 amide bonds. The topological polar surface area (TPSA) is 59.4 Å². The summed E-state index contributed by atoms with van der Waals surface area (Å²) in [5.74, 6) is 1.95. The van der Waals surface area contributed by atoms with E-state index < -0.39 is 0 Å². The van der Waals surface area contributed by atoms with Crippen molar-refractivity contribution in [2.24, 2.45) is 0 Å². The van der Waals surface area contributed by atoms with Crippen LogP contribution in [0.2, 0.25) is 5.02 Å². The Hall–Kier alpha value is -2.66. The average Bonchev–Trinajstić information content (AvgIpc) is 3.31. The molecule has 6 heteroatoms. The van der Waals surface area contributed by atoms with Crippen molar-refractivity contribution in [3.05, 3.63) is 64.6 Å². The average molecular weight is 350 g/mol. The smallest absolute Gasteiger partial charge is 0.164 e. The van der Waals surface area contributed by atoms with Gasteiger partial charge in [0.1, 0.15) is 5.82 Å². The summed E-state index contributed by atoms with van der Waals surface area (Å²) in [7, 11) is 0. The monoisotopic (exact) mass is 349 g/mol. The van der Waals surface area contributed by atoms with Crippen molar-refractivity contribution >= 4 is 22.5 Å². The lowest BCUT2D eigenvalue weighted by atomic mass is 10.0. The predicted molar refractivity (Wildman–Crippen MR) is 97.8 cm³/mol. The van der Waals surface area contributed by atoms with Gasteiger partial charge in [-0.1, -0.05) is 23.7 Å². The molecule has 0 fully saturated rings. The number of halogens is 1. The molecule has 0 saturated carbocycles. The van der Waals surface area contributed by atoms with Crippen LogP contribution in [-0.4, -0.2) is 25.0 Å². The van der Waals surface area contributed by atoms with Gasteiger partial charge in [0.2, 0.25) is 0 Å². The van der Waals surface area contributed by atoms with E-state index in [9.17, 15) is 0 Å². The van der Waals surface area contributed by atoms with Crippen molar-refractivity contribution in [1.29, 1.82) is 0 Å². The highest BCUT2D eigenvalue weighted by atomic mass is 35.5. The van der Waals surface area contributed by atoms with Gasteiger partial charge in [-0.05, 0) is 49.2 Å². The number of H-pyrrole nitrogens is 1. The third-order valence-electron chi connectivity index (χ3n) is 4.98. The van der Waals surface area contributed by atoms with Crippen LogP contribution in [0.5, 0.6) is 0 Å². The van der Waals surface area contributed by atoms with E-state index in [2.05, 4.69) is 49.2 Å². The molecule has 0 radical (unpaired) electrons. The molecule has 0 aliphatic carbocycles. The van der Waals surface area contributed by atoms with E-state index in [1.54, 1.807) is 0 Å². The molecule has 0 spiro atoms. The molecular formula is C19H16ClN5. The molecule has 1 aliphatic rings. The fourth-order valence-electron chi connectivity index (χ4n) is 3.69. The molecular weight excluding hydrogens is 334 g/mol. The first-order valence-electron chi connectivity index (χ1n) is 8.35. The second-order valence-electron chi connectivity index (χ2n) is 6.50. The lowest BCUT2D eigenvalue weighted by Crippen LogP contribution is -2.07. The molecule has 124 valence electrons. The van der Waals surface area contributed by atoms with Gasteiger partial charge in [0.15, 0.2) is 5.82 Å². The van der Waals surface area contributed by atoms with E-state index in [-0.39, 0.29) is 6.04 Å². The summed E-state index contributed by atoms with van der Waals surface area (Å²) in [6.45, 7) is 2.03. The minimum absolute atomic E-state index is 0.249. The fourth-order valence-corrected chi connectivity index (χ4v) is 3.82. The zero-order valence-electron chi connectivity index (χ0n) is 13.7. The van der Waals surface area contributed by atoms with Crippen molar-refractivity contribution in [3.8, 4) is 11.4 Å². The Bertz CT molecular complexity index is 1080. The summed E-state index contributed by atoms with van der Waals surface area (Å²) >= 11 is 6.04. The Morgan fingerprint density at radius 3 is 2.80 bits per heavy atom. The maximum Gasteiger partial charge on any atom is 0.164 e. The first kappa shape index (κ1) is 14.7. The summed E-state index contributed by atoms with van der Waals surface area (Å²) in [4.78, 5) is 0. The number of fused-ring (bicyclic) bond motifs is 2. The van der Waals surface area contributed by atoms with Crippen molar-refractivity contribution < 1.29 is 0 Å². The van der Waals surface area contributed by atoms with Gasteiger partial charge < -0.3 is 4.57 Å². The van der Waals surface area contributed by atoms with Crippen molar-refractivity contribution in [2.75, 3.05) is 0 Å². The summed E-state index contributed by atoms with van der Waals surface area (Å²) in [5, 5.41) is 18.1. The summed E-state index contributed by atoms with van der Waals surface area (Å²) in [6, 6.07) is 14.6. The number of aryl methyl sites for hydroxylation is 2. The van der Waals surface area contributed by atoms with Gasteiger partial charge in [-0.15, -0.1) is 10.2 Å². The predicted octanol–water partition coefficient (Wildman–Crippen LogP) is 4.32. The molecule has 1 aliphatic heterocycles. The minimum atomic E-state index is 0.249. The highest BCUT2D eigenvalue weighted by Gasteiger charge is 2.29. The van der Waals surface area contributed by atoms with Crippen LogP contribution in [0.4, 0.5) is 0 Å². The number of nitrogens with one attached hydrogen (secondary N) is 1. The van der Waals surface area contributed by atoms with Crippen LogP contribution >= 0.6 is 11.6 Å². The van der Waals surface area contributed by atoms with Gasteiger partial charge in [-0.3, -0.25) is 5.10 Å². The molecule has 25 heavy (non-hydrogen) atoms. The normalized spacial score (nSPS) is 16.5. The first-order chi connectivity index (χ1) is 12.2. The number of aromatic amines is 1. The Labute approximate surface area is 149 Å². The van der Waals surface area contributed by atoms with Crippen LogP contribution in [-0.2, 0) is 6.42 Å². The molecule has 5 nitrogen and oxygen atoms in total. The quantitative estimate of drug-likeness (QED) is 0.586. The Morgan fingerprint density at radius 1 is 1.12 bits per heavy atom. The molecule has 0 saturated heterocycles. The maximum atomic E-state index is 6.04. The van der Waals surface area contributed by atoms with Crippen molar-refractivity contribution in [3.63, 3.8) is 0 Å². The molecule has 0 unspecified atom stereocenters. The SMILES string of the molecule is Cc1[nH]nc2ccc(-c3nnc4n3[C@H](c3ccc(Cl)cc3)CC4)cc12. The number of rotatable bonds is 2. The zero-order chi connectivity index (χ0) is 17.0. The highest BCUT2D eigenvalue weighted by molar-refractivity contribution is 6.30. The maximum absolute atomic E-state index is 6.04. The van der Waals surface area contributed by atoms with Crippen molar-refractivity contribution in [2.45, 2.75) is 25.8 Å². The largest absolute Gasteiger partial charge is 0.303 e. The second kappa shape index (κ2) is 5.43. The standard InChI is InChI=1S/C19H16ClN5/c1-11-15-10-13(4-7-16(15)22-21-11)19-24-23-18-9-8-17(25(18)19)12-2-5-14(20)6-3-12/h2-7,10,17H,8-9H2,1H3,(H,21,22)/t17-/m0/s1. The number of hydrogen-bond donors (Lipinski definition) is 1. The van der Waals surface area contributed by atoms with Crippen LogP contribution in [0.25, 0.3) is 22.3 Å². The van der Waals surface area contributed by atoms with Crippen LogP contribution in [0, 0.1) is 6.92 Å². The van der Waals surface area contributed by atoms with Crippen LogP contribution in [0.3, 0.4) is 0 Å². The van der Waals surface area contributed by atoms with E-state index in [0.717, 1.165) is 51.7 Å². The summed E-state index contributed by atoms with van der Waals surface area (Å²) in [5.41, 5.74) is 4.34. The first-order valence-corrected chi connectivity index (χ1v) is 8.73. The zero-order valence-corrected chi connectivity index (χ0v) is 14.5. The lowest BCUT2D eigenvalue weighted by Gasteiger charge is -2.16. The molecule has 1 atom stereocenters. The number of hydrogen-bond acceptors (Lipinski definition) is 3. The third kappa shape index (κ3) is 2.27. The summed E-state index contributed by atoms with van der Waals surface area (Å²) < 4.78 is 2.26. The summed E-state index contributed by atoms with van der Waals surface area (Å²) in [6.07, 6.45) is 1.97. The van der Waals surface area contributed by atoms with Gasteiger partial charge in [-0.2, -0.15) is 5.10 Å². The van der Waals surface area contributed by atoms with E-state index in [1.807, 2.05) is 25.1 Å². The fraction of sp³-hybridized carbons (Fsp3) is 0.211. The van der Waals surface area contributed by atoms with E-state index in [1.165, 1.54) is 5.56 Å². The van der Waals surface area contributed by atoms with Gasteiger partial charge in [0.25, 0.3) is 0 Å². The molecule has 0 bridgehead atoms. The van der Waals surface area contributed by atoms with Gasteiger partial charge in [0.05, 0.1) is 11.6 Å². The molecule has 2 aromatic heterocycles. The van der Waals surface area contributed by atoms with Crippen LogP contribution in [0.15, 0.2) is 42.5 Å². The lowest BCUT2D eigenvalue weighted by molar-refractivity contribution is 0.622. The Morgan fingerprint density at radius 2 is 1.96 bits per heavy atom. The Balaban J connectivity index is 1.64. The minimum Gasteiger partial charge on any atom is -0.303 e. The second-order valence-corrected chi connectivity index (χ2v) is 6.93. The van der Waals surface area contributed by atoms with Gasteiger partial charge in [0, 0.05) is 28.1 Å². The third-order valence-corrected chi connectivity index (χ3v) is 5.23. The number of benzene rings is 2. The van der Waals surface area contributed by atoms with E-state index in [0.29, 0.717) is 0 Å². The molecule has 4 aromatic rings. The van der Waals surface area contributed by atoms with E-state index >= 15 is 0 Å². The van der Waals surface area contributed by atoms with Gasteiger partial charge in [-0.25, -0.2) is 0 Å². The molecule has 3 heterocycles. The van der Waals surface area contributed by atoms with Crippen molar-refractivity contribution in [1.82, 2.24) is 25.0 Å². The van der Waals surface area contributed by atoms with Gasteiger partial charge >= 0.3 is 0 Å².